The summed E-state index contributed by atoms with van der Waals surface area (Å²) in [4.78, 5) is 17.7. The minimum Gasteiger partial charge on any atom is -0.382 e. The summed E-state index contributed by atoms with van der Waals surface area (Å²) in [6.45, 7) is 2.21. The lowest BCUT2D eigenvalue weighted by Crippen LogP contribution is -2.45. The fourth-order valence-corrected chi connectivity index (χ4v) is 3.56. The summed E-state index contributed by atoms with van der Waals surface area (Å²) in [5.41, 5.74) is 1.83. The van der Waals surface area contributed by atoms with E-state index >= 15 is 0 Å². The van der Waals surface area contributed by atoms with Gasteiger partial charge in [0, 0.05) is 22.5 Å². The molecule has 1 saturated carbocycles. The molecule has 0 spiro atoms. The van der Waals surface area contributed by atoms with E-state index < -0.39 is 6.10 Å². The Balaban J connectivity index is 1.58. The summed E-state index contributed by atoms with van der Waals surface area (Å²) >= 11 is 3.45. The molecule has 0 bridgehead atoms. The van der Waals surface area contributed by atoms with E-state index in [1.807, 2.05) is 24.3 Å². The number of amides is 1. The van der Waals surface area contributed by atoms with Gasteiger partial charge in [-0.15, -0.1) is 0 Å². The van der Waals surface area contributed by atoms with Gasteiger partial charge in [0.1, 0.15) is 0 Å². The molecule has 4 nitrogen and oxygen atoms in total. The van der Waals surface area contributed by atoms with Crippen molar-refractivity contribution in [3.05, 3.63) is 34.3 Å². The number of carbonyl (C=O) groups excluding carboxylic acids is 1. The van der Waals surface area contributed by atoms with Crippen LogP contribution in [0.4, 0.5) is 0 Å². The Morgan fingerprint density at radius 3 is 2.95 bits per heavy atom. The van der Waals surface area contributed by atoms with Gasteiger partial charge in [0.05, 0.1) is 5.71 Å². The van der Waals surface area contributed by atoms with Crippen molar-refractivity contribution in [2.75, 3.05) is 0 Å². The van der Waals surface area contributed by atoms with Crippen LogP contribution in [0.2, 0.25) is 0 Å². The van der Waals surface area contributed by atoms with Crippen LogP contribution in [0.25, 0.3) is 0 Å². The molecule has 3 unspecified atom stereocenters. The van der Waals surface area contributed by atoms with Gasteiger partial charge in [-0.3, -0.25) is 4.79 Å². The van der Waals surface area contributed by atoms with Crippen molar-refractivity contribution in [1.29, 1.82) is 0 Å². The summed E-state index contributed by atoms with van der Waals surface area (Å²) in [6.07, 6.45) is 4.76. The zero-order chi connectivity index (χ0) is 15.5. The summed E-state index contributed by atoms with van der Waals surface area (Å²) in [6, 6.07) is 8.18. The van der Waals surface area contributed by atoms with Crippen LogP contribution in [0.15, 0.2) is 33.9 Å². The van der Waals surface area contributed by atoms with Crippen LogP contribution in [0.3, 0.4) is 0 Å². The fourth-order valence-electron chi connectivity index (χ4n) is 3.16. The zero-order valence-electron chi connectivity index (χ0n) is 12.7. The van der Waals surface area contributed by atoms with Crippen molar-refractivity contribution in [1.82, 2.24) is 5.32 Å². The van der Waals surface area contributed by atoms with Crippen LogP contribution in [0.5, 0.6) is 0 Å². The van der Waals surface area contributed by atoms with Gasteiger partial charge >= 0.3 is 0 Å². The Kier molecular flexibility index (Phi) is 4.81. The fraction of sp³-hybridized carbons (Fsp3) is 0.529. The van der Waals surface area contributed by atoms with Crippen molar-refractivity contribution in [2.24, 2.45) is 11.1 Å². The van der Waals surface area contributed by atoms with Crippen LogP contribution < -0.4 is 5.32 Å². The van der Waals surface area contributed by atoms with Crippen LogP contribution in [0, 0.1) is 5.92 Å². The first-order valence-corrected chi connectivity index (χ1v) is 8.72. The smallest absolute Gasteiger partial charge is 0.264 e. The molecule has 3 rings (SSSR count). The molecule has 5 heteroatoms. The summed E-state index contributed by atoms with van der Waals surface area (Å²) in [5.74, 6) is 0.511. The van der Waals surface area contributed by atoms with Crippen molar-refractivity contribution in [3.63, 3.8) is 0 Å². The average molecular weight is 365 g/mol. The summed E-state index contributed by atoms with van der Waals surface area (Å²) < 4.78 is 0.997. The lowest BCUT2D eigenvalue weighted by atomic mass is 9.86. The molecule has 1 aromatic rings. The molecule has 1 aliphatic heterocycles. The molecular weight excluding hydrogens is 344 g/mol. The van der Waals surface area contributed by atoms with E-state index in [-0.39, 0.29) is 11.9 Å². The normalized spacial score (nSPS) is 27.9. The molecule has 118 valence electrons. The number of benzene rings is 1. The first kappa shape index (κ1) is 15.5. The molecule has 0 aromatic heterocycles. The van der Waals surface area contributed by atoms with Crippen molar-refractivity contribution >= 4 is 27.5 Å². The molecule has 0 saturated heterocycles. The second-order valence-electron chi connectivity index (χ2n) is 6.22. The zero-order valence-corrected chi connectivity index (χ0v) is 14.3. The molecule has 1 amide bonds. The molecule has 22 heavy (non-hydrogen) atoms. The maximum absolute atomic E-state index is 12.4. The van der Waals surface area contributed by atoms with Crippen LogP contribution >= 0.6 is 15.9 Å². The van der Waals surface area contributed by atoms with Crippen LogP contribution in [0.1, 0.15) is 44.6 Å². The highest BCUT2D eigenvalue weighted by atomic mass is 79.9. The lowest BCUT2D eigenvalue weighted by Gasteiger charge is -2.30. The standard InChI is InChI=1S/C17H21BrN2O2/c1-11-5-2-3-8-14(11)19-17(21)16-10-15(20-22-16)12-6-4-7-13(18)9-12/h4,6-7,9,11,14,16H,2-3,5,8,10H2,1H3,(H,19,21). The van der Waals surface area contributed by atoms with Gasteiger partial charge in [0.2, 0.25) is 6.10 Å². The Hall–Kier alpha value is -1.36. The molecule has 1 heterocycles. The van der Waals surface area contributed by atoms with Gasteiger partial charge in [0.15, 0.2) is 0 Å². The Labute approximate surface area is 139 Å². The monoisotopic (exact) mass is 364 g/mol. The molecular formula is C17H21BrN2O2. The topological polar surface area (TPSA) is 50.7 Å². The predicted octanol–water partition coefficient (Wildman–Crippen LogP) is 3.64. The Morgan fingerprint density at radius 1 is 1.36 bits per heavy atom. The van der Waals surface area contributed by atoms with E-state index in [1.165, 1.54) is 19.3 Å². The van der Waals surface area contributed by atoms with E-state index in [0.717, 1.165) is 22.2 Å². The molecule has 2 aliphatic rings. The first-order chi connectivity index (χ1) is 10.6. The number of nitrogens with zero attached hydrogens (tertiary/aromatic N) is 1. The number of rotatable bonds is 3. The van der Waals surface area contributed by atoms with E-state index in [4.69, 9.17) is 4.84 Å². The van der Waals surface area contributed by atoms with E-state index in [2.05, 4.69) is 33.3 Å². The lowest BCUT2D eigenvalue weighted by molar-refractivity contribution is -0.132. The summed E-state index contributed by atoms with van der Waals surface area (Å²) in [7, 11) is 0. The van der Waals surface area contributed by atoms with Crippen molar-refractivity contribution in [2.45, 2.75) is 51.2 Å². The van der Waals surface area contributed by atoms with Crippen molar-refractivity contribution < 1.29 is 9.63 Å². The van der Waals surface area contributed by atoms with Gasteiger partial charge in [-0.2, -0.15) is 0 Å². The predicted molar refractivity (Wildman–Crippen MR) is 89.7 cm³/mol. The maximum Gasteiger partial charge on any atom is 0.264 e. The second kappa shape index (κ2) is 6.82. The molecule has 3 atom stereocenters. The number of oxime groups is 1. The van der Waals surface area contributed by atoms with Crippen LogP contribution in [-0.2, 0) is 9.63 Å². The van der Waals surface area contributed by atoms with Gasteiger partial charge in [-0.1, -0.05) is 53.0 Å². The molecule has 1 fully saturated rings. The van der Waals surface area contributed by atoms with Gasteiger partial charge in [-0.05, 0) is 30.9 Å². The highest BCUT2D eigenvalue weighted by molar-refractivity contribution is 9.10. The first-order valence-electron chi connectivity index (χ1n) is 7.92. The number of carbonyl (C=O) groups is 1. The van der Waals surface area contributed by atoms with Crippen molar-refractivity contribution in [3.8, 4) is 0 Å². The second-order valence-corrected chi connectivity index (χ2v) is 7.14. The Bertz CT molecular complexity index is 588. The molecule has 1 N–H and O–H groups in total. The van der Waals surface area contributed by atoms with E-state index in [1.54, 1.807) is 0 Å². The van der Waals surface area contributed by atoms with Gasteiger partial charge < -0.3 is 10.2 Å². The third-order valence-electron chi connectivity index (χ3n) is 4.56. The highest BCUT2D eigenvalue weighted by Crippen LogP contribution is 2.25. The molecule has 1 aliphatic carbocycles. The third kappa shape index (κ3) is 3.51. The largest absolute Gasteiger partial charge is 0.382 e. The van der Waals surface area contributed by atoms with Gasteiger partial charge in [0.25, 0.3) is 5.91 Å². The average Bonchev–Trinajstić information content (AvgIpc) is 2.99. The number of hydrogen-bond acceptors (Lipinski definition) is 3. The third-order valence-corrected chi connectivity index (χ3v) is 5.05. The van der Waals surface area contributed by atoms with Gasteiger partial charge in [-0.25, -0.2) is 0 Å². The minimum atomic E-state index is -0.497. The highest BCUT2D eigenvalue weighted by Gasteiger charge is 2.32. The number of nitrogens with one attached hydrogen (secondary N) is 1. The summed E-state index contributed by atoms with van der Waals surface area (Å²) in [5, 5.41) is 7.24. The molecule has 0 radical (unpaired) electrons. The van der Waals surface area contributed by atoms with Crippen LogP contribution in [-0.4, -0.2) is 23.8 Å². The maximum atomic E-state index is 12.4. The SMILES string of the molecule is CC1CCCCC1NC(=O)C1CC(c2cccc(Br)c2)=NO1. The number of halogens is 1. The quantitative estimate of drug-likeness (QED) is 0.889. The molecule has 1 aromatic carbocycles. The minimum absolute atomic E-state index is 0.0347. The van der Waals surface area contributed by atoms with E-state index in [0.29, 0.717) is 12.3 Å². The van der Waals surface area contributed by atoms with E-state index in [9.17, 15) is 4.79 Å². The Morgan fingerprint density at radius 2 is 2.18 bits per heavy atom. The number of hydrogen-bond donors (Lipinski definition) is 1.